The number of halogens is 3. The quantitative estimate of drug-likeness (QED) is 0.145. The number of hydrogen-bond donors (Lipinski definition) is 1. The van der Waals surface area contributed by atoms with Gasteiger partial charge in [-0.25, -0.2) is 0 Å². The molecule has 7 nitrogen and oxygen atoms in total. The second-order valence-electron chi connectivity index (χ2n) is 9.16. The molecule has 10 heteroatoms. The first-order valence-corrected chi connectivity index (χ1v) is 12.9. The molecule has 0 atom stereocenters. The van der Waals surface area contributed by atoms with Crippen molar-refractivity contribution >= 4 is 17.7 Å². The van der Waals surface area contributed by atoms with E-state index >= 15 is 0 Å². The average molecular weight is 589 g/mol. The molecule has 1 amide bonds. The first kappa shape index (κ1) is 30.5. The number of anilines is 1. The summed E-state index contributed by atoms with van der Waals surface area (Å²) in [4.78, 5) is 12.6. The Morgan fingerprint density at radius 1 is 0.791 bits per heavy atom. The lowest BCUT2D eigenvalue weighted by atomic mass is 10.1. The number of ether oxygens (including phenoxy) is 4. The Kier molecular flexibility index (Phi) is 9.91. The number of methoxy groups -OCH3 is 2. The fourth-order valence-electron chi connectivity index (χ4n) is 4.00. The van der Waals surface area contributed by atoms with Crippen LogP contribution in [0.1, 0.15) is 22.3 Å². The predicted octanol–water partition coefficient (Wildman–Crippen LogP) is 7.43. The second-order valence-corrected chi connectivity index (χ2v) is 9.16. The Hall–Kier alpha value is -5.43. The van der Waals surface area contributed by atoms with Gasteiger partial charge in [-0.3, -0.25) is 4.79 Å². The first-order valence-electron chi connectivity index (χ1n) is 12.9. The molecule has 0 aliphatic heterocycles. The van der Waals surface area contributed by atoms with Crippen LogP contribution in [0.4, 0.5) is 18.9 Å². The predicted molar refractivity (Wildman–Crippen MR) is 155 cm³/mol. The van der Waals surface area contributed by atoms with Crippen molar-refractivity contribution in [3.05, 3.63) is 119 Å². The minimum Gasteiger partial charge on any atom is -0.493 e. The number of carbonyl (C=O) groups is 1. The van der Waals surface area contributed by atoms with Crippen molar-refractivity contribution in [2.75, 3.05) is 19.5 Å². The van der Waals surface area contributed by atoms with Crippen LogP contribution in [0.15, 0.2) is 96.6 Å². The highest BCUT2D eigenvalue weighted by Crippen LogP contribution is 2.33. The summed E-state index contributed by atoms with van der Waals surface area (Å²) in [6, 6.07) is 26.0. The van der Waals surface area contributed by atoms with Crippen molar-refractivity contribution in [2.45, 2.75) is 19.4 Å². The minimum atomic E-state index is -4.57. The molecule has 0 unspecified atom stereocenters. The third-order valence-corrected chi connectivity index (χ3v) is 6.17. The standard InChI is InChI=1S/C33H27F3N2O5/c1-40-30-16-23(15-25(19-37)32(39)38-27-10-6-9-26(18-27)33(34,35)36)11-13-28(30)43-21-24-12-14-29(31(17-24)41-2)42-20-22-7-4-3-5-8-22/h3-18H,20-21H2,1-2H3,(H,38,39)/b25-15+. The maximum atomic E-state index is 13.0. The molecule has 0 heterocycles. The van der Waals surface area contributed by atoms with Crippen LogP contribution in [0.5, 0.6) is 23.0 Å². The van der Waals surface area contributed by atoms with Crippen molar-refractivity contribution in [3.63, 3.8) is 0 Å². The zero-order valence-corrected chi connectivity index (χ0v) is 23.3. The van der Waals surface area contributed by atoms with Crippen LogP contribution in [-0.2, 0) is 24.2 Å². The molecular weight excluding hydrogens is 561 g/mol. The summed E-state index contributed by atoms with van der Waals surface area (Å²) >= 11 is 0. The maximum absolute atomic E-state index is 13.0. The average Bonchev–Trinajstić information content (AvgIpc) is 3.02. The van der Waals surface area contributed by atoms with E-state index in [1.54, 1.807) is 37.4 Å². The second kappa shape index (κ2) is 14.0. The van der Waals surface area contributed by atoms with Crippen LogP contribution >= 0.6 is 0 Å². The van der Waals surface area contributed by atoms with Crippen molar-refractivity contribution in [1.82, 2.24) is 0 Å². The summed E-state index contributed by atoms with van der Waals surface area (Å²) in [5.74, 6) is 1.05. The largest absolute Gasteiger partial charge is 0.493 e. The van der Waals surface area contributed by atoms with E-state index in [9.17, 15) is 23.2 Å². The van der Waals surface area contributed by atoms with Crippen LogP contribution < -0.4 is 24.3 Å². The maximum Gasteiger partial charge on any atom is 0.416 e. The molecule has 4 rings (SSSR count). The molecule has 4 aromatic carbocycles. The van der Waals surface area contributed by atoms with Gasteiger partial charge in [0.15, 0.2) is 23.0 Å². The lowest BCUT2D eigenvalue weighted by Gasteiger charge is -2.14. The number of rotatable bonds is 11. The molecule has 0 radical (unpaired) electrons. The summed E-state index contributed by atoms with van der Waals surface area (Å²) in [7, 11) is 3.00. The van der Waals surface area contributed by atoms with E-state index in [-0.39, 0.29) is 17.9 Å². The van der Waals surface area contributed by atoms with Crippen molar-refractivity contribution < 1.29 is 36.9 Å². The van der Waals surface area contributed by atoms with Gasteiger partial charge >= 0.3 is 6.18 Å². The van der Waals surface area contributed by atoms with Crippen molar-refractivity contribution in [3.8, 4) is 29.1 Å². The Labute approximate surface area is 246 Å². The van der Waals surface area contributed by atoms with E-state index in [1.165, 1.54) is 25.3 Å². The van der Waals surface area contributed by atoms with Gasteiger partial charge < -0.3 is 24.3 Å². The molecule has 0 fully saturated rings. The number of nitrogens with zero attached hydrogens (tertiary/aromatic N) is 1. The SMILES string of the molecule is COc1cc(/C=C(\C#N)C(=O)Nc2cccc(C(F)(F)F)c2)ccc1OCc1ccc(OCc2ccccc2)c(OC)c1. The molecule has 0 aliphatic carbocycles. The number of alkyl halides is 3. The van der Waals surface area contributed by atoms with E-state index in [4.69, 9.17) is 18.9 Å². The monoisotopic (exact) mass is 588 g/mol. The van der Waals surface area contributed by atoms with Crippen LogP contribution in [0.2, 0.25) is 0 Å². The van der Waals surface area contributed by atoms with Gasteiger partial charge in [0.2, 0.25) is 0 Å². The minimum absolute atomic E-state index is 0.0882. The molecule has 1 N–H and O–H groups in total. The van der Waals surface area contributed by atoms with E-state index in [2.05, 4.69) is 5.32 Å². The Morgan fingerprint density at radius 3 is 2.09 bits per heavy atom. The van der Waals surface area contributed by atoms with Gasteiger partial charge in [-0.15, -0.1) is 0 Å². The summed E-state index contributed by atoms with van der Waals surface area (Å²) < 4.78 is 61.8. The highest BCUT2D eigenvalue weighted by atomic mass is 19.4. The van der Waals surface area contributed by atoms with Crippen molar-refractivity contribution in [2.24, 2.45) is 0 Å². The van der Waals surface area contributed by atoms with E-state index in [1.807, 2.05) is 42.5 Å². The van der Waals surface area contributed by atoms with Gasteiger partial charge in [0, 0.05) is 5.69 Å². The zero-order valence-electron chi connectivity index (χ0n) is 23.3. The van der Waals surface area contributed by atoms with Crippen LogP contribution in [0, 0.1) is 11.3 Å². The van der Waals surface area contributed by atoms with Gasteiger partial charge in [-0.05, 0) is 65.2 Å². The Morgan fingerprint density at radius 2 is 1.44 bits per heavy atom. The molecule has 220 valence electrons. The number of nitrogens with one attached hydrogen (secondary N) is 1. The first-order chi connectivity index (χ1) is 20.7. The number of nitriles is 1. The number of carbonyl (C=O) groups excluding carboxylic acids is 1. The number of benzene rings is 4. The molecule has 0 aromatic heterocycles. The molecule has 0 bridgehead atoms. The van der Waals surface area contributed by atoms with E-state index < -0.39 is 17.6 Å². The van der Waals surface area contributed by atoms with Gasteiger partial charge in [-0.2, -0.15) is 18.4 Å². The third-order valence-electron chi connectivity index (χ3n) is 6.17. The highest BCUT2D eigenvalue weighted by molar-refractivity contribution is 6.09. The lowest BCUT2D eigenvalue weighted by molar-refractivity contribution is -0.137. The highest BCUT2D eigenvalue weighted by Gasteiger charge is 2.30. The summed E-state index contributed by atoms with van der Waals surface area (Å²) in [5, 5.41) is 11.9. The number of hydrogen-bond acceptors (Lipinski definition) is 6. The van der Waals surface area contributed by atoms with E-state index in [0.717, 1.165) is 23.3 Å². The van der Waals surface area contributed by atoms with Gasteiger partial charge in [0.25, 0.3) is 5.91 Å². The fourth-order valence-corrected chi connectivity index (χ4v) is 4.00. The van der Waals surface area contributed by atoms with E-state index in [0.29, 0.717) is 35.2 Å². The normalized spacial score (nSPS) is 11.3. The van der Waals surface area contributed by atoms with Gasteiger partial charge in [-0.1, -0.05) is 48.5 Å². The molecule has 0 aliphatic rings. The summed E-state index contributed by atoms with van der Waals surface area (Å²) in [5.41, 5.74) is 0.971. The third kappa shape index (κ3) is 8.30. The molecule has 0 saturated heterocycles. The molecule has 43 heavy (non-hydrogen) atoms. The molecule has 0 saturated carbocycles. The van der Waals surface area contributed by atoms with Gasteiger partial charge in [0.05, 0.1) is 19.8 Å². The molecule has 4 aromatic rings. The summed E-state index contributed by atoms with van der Waals surface area (Å²) in [6.45, 7) is 0.579. The fraction of sp³-hybridized carbons (Fsp3) is 0.152. The van der Waals surface area contributed by atoms with Crippen molar-refractivity contribution in [1.29, 1.82) is 5.26 Å². The Bertz CT molecular complexity index is 1650. The lowest BCUT2D eigenvalue weighted by Crippen LogP contribution is -2.14. The van der Waals surface area contributed by atoms with Crippen LogP contribution in [0.3, 0.4) is 0 Å². The number of amides is 1. The van der Waals surface area contributed by atoms with Crippen LogP contribution in [-0.4, -0.2) is 20.1 Å². The summed E-state index contributed by atoms with van der Waals surface area (Å²) in [6.07, 6.45) is -3.27. The smallest absolute Gasteiger partial charge is 0.416 e. The van der Waals surface area contributed by atoms with Crippen LogP contribution in [0.25, 0.3) is 6.08 Å². The molecular formula is C33H27F3N2O5. The van der Waals surface area contributed by atoms with Gasteiger partial charge in [0.1, 0.15) is 24.9 Å². The Balaban J connectivity index is 1.43. The topological polar surface area (TPSA) is 89.8 Å². The zero-order chi connectivity index (χ0) is 30.8. The molecule has 0 spiro atoms.